The smallest absolute Gasteiger partial charge is 0.329 e. The van der Waals surface area contributed by atoms with Gasteiger partial charge in [-0.05, 0) is 25.3 Å². The van der Waals surface area contributed by atoms with Gasteiger partial charge in [-0.3, -0.25) is 4.79 Å². The lowest BCUT2D eigenvalue weighted by Gasteiger charge is -2.30. The van der Waals surface area contributed by atoms with Crippen LogP contribution in [0.4, 0.5) is 0 Å². The van der Waals surface area contributed by atoms with E-state index < -0.39 is 11.5 Å². The molecular formula is C17H23NO3. The van der Waals surface area contributed by atoms with Crippen LogP contribution < -0.4 is 5.32 Å². The molecule has 1 amide bonds. The molecule has 0 unspecified atom stereocenters. The lowest BCUT2D eigenvalue weighted by atomic mass is 9.88. The van der Waals surface area contributed by atoms with E-state index >= 15 is 0 Å². The average Bonchev–Trinajstić information content (AvgIpc) is 2.74. The third-order valence-electron chi connectivity index (χ3n) is 4.42. The second kappa shape index (κ2) is 6.74. The molecule has 0 bridgehead atoms. The van der Waals surface area contributed by atoms with Crippen molar-refractivity contribution in [1.29, 1.82) is 0 Å². The molecule has 0 aromatic heterocycles. The third-order valence-corrected chi connectivity index (χ3v) is 4.42. The predicted octanol–water partition coefficient (Wildman–Crippen LogP) is 3.08. The van der Waals surface area contributed by atoms with E-state index in [0.717, 1.165) is 31.2 Å². The molecule has 0 aliphatic heterocycles. The van der Waals surface area contributed by atoms with Gasteiger partial charge in [0.2, 0.25) is 5.91 Å². The molecule has 0 radical (unpaired) electrons. The standard InChI is InChI=1S/C17H23NO3/c1-13(14-9-5-4-6-10-14)15(19)18-17(16(20)21)11-7-2-3-8-12-17/h4-6,9-10,13H,2-3,7-8,11-12H2,1H3,(H,18,19)(H,20,21)/t13-/m0/s1. The fraction of sp³-hybridized carbons (Fsp3) is 0.529. The Kier molecular flexibility index (Phi) is 4.99. The fourth-order valence-corrected chi connectivity index (χ4v) is 2.96. The van der Waals surface area contributed by atoms with Gasteiger partial charge in [0, 0.05) is 0 Å². The van der Waals surface area contributed by atoms with Crippen molar-refractivity contribution in [3.8, 4) is 0 Å². The number of hydrogen-bond acceptors (Lipinski definition) is 2. The molecular weight excluding hydrogens is 266 g/mol. The summed E-state index contributed by atoms with van der Waals surface area (Å²) in [5.74, 6) is -1.45. The number of hydrogen-bond donors (Lipinski definition) is 2. The highest BCUT2D eigenvalue weighted by molar-refractivity contribution is 5.90. The van der Waals surface area contributed by atoms with Crippen LogP contribution in [0.15, 0.2) is 30.3 Å². The summed E-state index contributed by atoms with van der Waals surface area (Å²) in [6, 6.07) is 9.46. The zero-order valence-corrected chi connectivity index (χ0v) is 12.5. The third kappa shape index (κ3) is 3.63. The summed E-state index contributed by atoms with van der Waals surface area (Å²) in [5, 5.41) is 12.4. The second-order valence-corrected chi connectivity index (χ2v) is 5.92. The first-order valence-corrected chi connectivity index (χ1v) is 7.65. The first kappa shape index (κ1) is 15.5. The average molecular weight is 289 g/mol. The summed E-state index contributed by atoms with van der Waals surface area (Å²) >= 11 is 0. The highest BCUT2D eigenvalue weighted by atomic mass is 16.4. The Morgan fingerprint density at radius 1 is 1.10 bits per heavy atom. The minimum absolute atomic E-state index is 0.203. The number of carboxylic acid groups (broad SMARTS) is 1. The van der Waals surface area contributed by atoms with Crippen LogP contribution >= 0.6 is 0 Å². The molecule has 2 rings (SSSR count). The van der Waals surface area contributed by atoms with E-state index in [4.69, 9.17) is 0 Å². The van der Waals surface area contributed by atoms with Crippen molar-refractivity contribution in [2.75, 3.05) is 0 Å². The highest BCUT2D eigenvalue weighted by Gasteiger charge is 2.40. The van der Waals surface area contributed by atoms with Crippen molar-refractivity contribution in [3.63, 3.8) is 0 Å². The summed E-state index contributed by atoms with van der Waals surface area (Å²) in [5.41, 5.74) is -0.180. The molecule has 1 saturated carbocycles. The Hall–Kier alpha value is -1.84. The van der Waals surface area contributed by atoms with E-state index in [-0.39, 0.29) is 11.8 Å². The molecule has 0 heterocycles. The molecule has 1 aromatic rings. The zero-order chi connectivity index (χ0) is 15.3. The van der Waals surface area contributed by atoms with E-state index in [1.807, 2.05) is 37.3 Å². The van der Waals surface area contributed by atoms with Gasteiger partial charge in [0.05, 0.1) is 5.92 Å². The van der Waals surface area contributed by atoms with Crippen LogP contribution in [0.2, 0.25) is 0 Å². The number of amides is 1. The molecule has 0 saturated heterocycles. The summed E-state index contributed by atoms with van der Waals surface area (Å²) in [7, 11) is 0. The van der Waals surface area contributed by atoms with Gasteiger partial charge >= 0.3 is 5.97 Å². The minimum atomic E-state index is -1.09. The summed E-state index contributed by atoms with van der Waals surface area (Å²) in [6.45, 7) is 1.82. The van der Waals surface area contributed by atoms with E-state index in [2.05, 4.69) is 5.32 Å². The van der Waals surface area contributed by atoms with E-state index in [9.17, 15) is 14.7 Å². The van der Waals surface area contributed by atoms with Crippen LogP contribution in [-0.2, 0) is 9.59 Å². The largest absolute Gasteiger partial charge is 0.480 e. The topological polar surface area (TPSA) is 66.4 Å². The van der Waals surface area contributed by atoms with E-state index in [1.165, 1.54) is 0 Å². The monoisotopic (exact) mass is 289 g/mol. The van der Waals surface area contributed by atoms with Crippen LogP contribution in [0.25, 0.3) is 0 Å². The van der Waals surface area contributed by atoms with Gasteiger partial charge in [0.15, 0.2) is 0 Å². The van der Waals surface area contributed by atoms with E-state index in [0.29, 0.717) is 12.8 Å². The maximum Gasteiger partial charge on any atom is 0.329 e. The number of nitrogens with one attached hydrogen (secondary N) is 1. The number of carbonyl (C=O) groups excluding carboxylic acids is 1. The Morgan fingerprint density at radius 3 is 2.19 bits per heavy atom. The Balaban J connectivity index is 2.13. The van der Waals surface area contributed by atoms with E-state index in [1.54, 1.807) is 0 Å². The molecule has 4 heteroatoms. The maximum absolute atomic E-state index is 12.5. The van der Waals surface area contributed by atoms with Gasteiger partial charge in [0.25, 0.3) is 0 Å². The number of rotatable bonds is 4. The van der Waals surface area contributed by atoms with Gasteiger partial charge in [-0.25, -0.2) is 4.79 Å². The van der Waals surface area contributed by atoms with Crippen molar-refractivity contribution in [1.82, 2.24) is 5.32 Å². The van der Waals surface area contributed by atoms with Crippen molar-refractivity contribution in [2.45, 2.75) is 56.9 Å². The van der Waals surface area contributed by atoms with Crippen LogP contribution in [0, 0.1) is 0 Å². The van der Waals surface area contributed by atoms with Crippen LogP contribution in [0.3, 0.4) is 0 Å². The fourth-order valence-electron chi connectivity index (χ4n) is 2.96. The molecule has 0 spiro atoms. The highest BCUT2D eigenvalue weighted by Crippen LogP contribution is 2.28. The van der Waals surface area contributed by atoms with Gasteiger partial charge in [-0.15, -0.1) is 0 Å². The van der Waals surface area contributed by atoms with Crippen molar-refractivity contribution >= 4 is 11.9 Å². The summed E-state index contributed by atoms with van der Waals surface area (Å²) in [6.07, 6.45) is 4.84. The van der Waals surface area contributed by atoms with Crippen molar-refractivity contribution < 1.29 is 14.7 Å². The number of carbonyl (C=O) groups is 2. The molecule has 4 nitrogen and oxygen atoms in total. The van der Waals surface area contributed by atoms with Crippen LogP contribution in [0.5, 0.6) is 0 Å². The summed E-state index contributed by atoms with van der Waals surface area (Å²) < 4.78 is 0. The number of aliphatic carboxylic acids is 1. The molecule has 1 aliphatic carbocycles. The van der Waals surface area contributed by atoms with Crippen LogP contribution in [-0.4, -0.2) is 22.5 Å². The lowest BCUT2D eigenvalue weighted by Crippen LogP contribution is -2.55. The second-order valence-electron chi connectivity index (χ2n) is 5.92. The number of carboxylic acids is 1. The molecule has 1 fully saturated rings. The normalized spacial score (nSPS) is 19.3. The Labute approximate surface area is 125 Å². The Morgan fingerprint density at radius 2 is 1.67 bits per heavy atom. The molecule has 1 aliphatic rings. The quantitative estimate of drug-likeness (QED) is 0.837. The Bertz CT molecular complexity index is 490. The van der Waals surface area contributed by atoms with Gasteiger partial charge in [-0.1, -0.05) is 56.0 Å². The predicted molar refractivity (Wildman–Crippen MR) is 81.1 cm³/mol. The van der Waals surface area contributed by atoms with Crippen molar-refractivity contribution in [2.24, 2.45) is 0 Å². The molecule has 1 atom stereocenters. The molecule has 21 heavy (non-hydrogen) atoms. The summed E-state index contributed by atoms with van der Waals surface area (Å²) in [4.78, 5) is 24.2. The van der Waals surface area contributed by atoms with Crippen LogP contribution in [0.1, 0.15) is 56.9 Å². The SMILES string of the molecule is C[C@H](C(=O)NC1(C(=O)O)CCCCCC1)c1ccccc1. The minimum Gasteiger partial charge on any atom is -0.480 e. The lowest BCUT2D eigenvalue weighted by molar-refractivity contribution is -0.148. The van der Waals surface area contributed by atoms with Gasteiger partial charge in [0.1, 0.15) is 5.54 Å². The van der Waals surface area contributed by atoms with Gasteiger partial charge < -0.3 is 10.4 Å². The molecule has 1 aromatic carbocycles. The van der Waals surface area contributed by atoms with Crippen molar-refractivity contribution in [3.05, 3.63) is 35.9 Å². The molecule has 114 valence electrons. The molecule has 2 N–H and O–H groups in total. The first-order valence-electron chi connectivity index (χ1n) is 7.65. The van der Waals surface area contributed by atoms with Gasteiger partial charge in [-0.2, -0.15) is 0 Å². The first-order chi connectivity index (χ1) is 10.1. The maximum atomic E-state index is 12.5. The number of benzene rings is 1. The zero-order valence-electron chi connectivity index (χ0n) is 12.5.